The number of allylic oxidation sites excluding steroid dienone is 4. The van der Waals surface area contributed by atoms with Crippen molar-refractivity contribution in [3.63, 3.8) is 0 Å². The van der Waals surface area contributed by atoms with Gasteiger partial charge in [-0.25, -0.2) is 0 Å². The normalized spacial score (nSPS) is 16.8. The molecular weight excluding hydrogens is 316 g/mol. The molecule has 124 valence electrons. The average Bonchev–Trinajstić information content (AvgIpc) is 2.61. The Balaban J connectivity index is 1.84. The summed E-state index contributed by atoms with van der Waals surface area (Å²) in [5.41, 5.74) is 1.10. The molecule has 0 aliphatic heterocycles. The van der Waals surface area contributed by atoms with E-state index in [9.17, 15) is 9.59 Å². The summed E-state index contributed by atoms with van der Waals surface area (Å²) in [5, 5.41) is 2.47. The van der Waals surface area contributed by atoms with Gasteiger partial charge in [0.05, 0.1) is 11.6 Å². The van der Waals surface area contributed by atoms with Gasteiger partial charge in [0.1, 0.15) is 11.3 Å². The van der Waals surface area contributed by atoms with Gasteiger partial charge in [-0.05, 0) is 22.9 Å². The summed E-state index contributed by atoms with van der Waals surface area (Å²) >= 11 is 0. The van der Waals surface area contributed by atoms with Crippen LogP contribution in [0.5, 0.6) is 0 Å². The Bertz CT molecular complexity index is 1100. The molecule has 1 unspecified atom stereocenters. The molecule has 4 heteroatoms. The number of carbonyl (C=O) groups excluding carboxylic acids is 1. The lowest BCUT2D eigenvalue weighted by molar-refractivity contribution is -0.137. The molecule has 1 atom stereocenters. The molecule has 25 heavy (non-hydrogen) atoms. The van der Waals surface area contributed by atoms with Gasteiger partial charge in [0.15, 0.2) is 5.43 Å². The number of rotatable bonds is 2. The van der Waals surface area contributed by atoms with Gasteiger partial charge in [0, 0.05) is 24.8 Å². The second kappa shape index (κ2) is 6.06. The molecular formula is C21H16O4. The molecule has 2 aromatic carbocycles. The van der Waals surface area contributed by atoms with Crippen molar-refractivity contribution in [2.75, 3.05) is 0 Å². The first-order chi connectivity index (χ1) is 12.1. The SMILES string of the molecule is CC(=O)OC1=CC=CC(c2coc3ccc4ccccc4c3c2=O)C1. The molecule has 0 spiro atoms. The summed E-state index contributed by atoms with van der Waals surface area (Å²) < 4.78 is 10.9. The zero-order valence-electron chi connectivity index (χ0n) is 13.7. The maximum absolute atomic E-state index is 13.1. The monoisotopic (exact) mass is 332 g/mol. The number of carbonyl (C=O) groups is 1. The second-order valence-corrected chi connectivity index (χ2v) is 6.10. The van der Waals surface area contributed by atoms with E-state index in [1.165, 1.54) is 13.2 Å². The fourth-order valence-electron chi connectivity index (χ4n) is 3.29. The van der Waals surface area contributed by atoms with Crippen LogP contribution in [0.2, 0.25) is 0 Å². The van der Waals surface area contributed by atoms with Crippen molar-refractivity contribution in [3.05, 3.63) is 82.4 Å². The highest BCUT2D eigenvalue weighted by molar-refractivity contribution is 6.05. The van der Waals surface area contributed by atoms with Crippen molar-refractivity contribution < 1.29 is 13.9 Å². The van der Waals surface area contributed by atoms with Crippen molar-refractivity contribution in [1.29, 1.82) is 0 Å². The van der Waals surface area contributed by atoms with E-state index in [2.05, 4.69) is 0 Å². The first kappa shape index (κ1) is 15.4. The zero-order chi connectivity index (χ0) is 17.4. The smallest absolute Gasteiger partial charge is 0.307 e. The Hall–Kier alpha value is -3.14. The van der Waals surface area contributed by atoms with Crippen LogP contribution < -0.4 is 5.43 Å². The van der Waals surface area contributed by atoms with Crippen LogP contribution in [0.1, 0.15) is 24.8 Å². The molecule has 0 saturated heterocycles. The maximum Gasteiger partial charge on any atom is 0.307 e. The molecule has 4 nitrogen and oxygen atoms in total. The summed E-state index contributed by atoms with van der Waals surface area (Å²) in [7, 11) is 0. The third kappa shape index (κ3) is 2.76. The predicted octanol–water partition coefficient (Wildman–Crippen LogP) is 4.44. The zero-order valence-corrected chi connectivity index (χ0v) is 13.7. The quantitative estimate of drug-likeness (QED) is 0.514. The van der Waals surface area contributed by atoms with E-state index in [-0.39, 0.29) is 17.3 Å². The second-order valence-electron chi connectivity index (χ2n) is 6.10. The minimum absolute atomic E-state index is 0.0447. The van der Waals surface area contributed by atoms with E-state index < -0.39 is 0 Å². The van der Waals surface area contributed by atoms with Crippen molar-refractivity contribution in [2.24, 2.45) is 0 Å². The van der Waals surface area contributed by atoms with Gasteiger partial charge in [-0.15, -0.1) is 0 Å². The number of benzene rings is 2. The first-order valence-electron chi connectivity index (χ1n) is 8.12. The molecule has 0 N–H and O–H groups in total. The molecule has 1 aliphatic rings. The first-order valence-corrected chi connectivity index (χ1v) is 8.12. The van der Waals surface area contributed by atoms with Crippen LogP contribution in [0, 0.1) is 0 Å². The highest BCUT2D eigenvalue weighted by atomic mass is 16.5. The lowest BCUT2D eigenvalue weighted by atomic mass is 9.91. The molecule has 1 aromatic heterocycles. The van der Waals surface area contributed by atoms with Crippen molar-refractivity contribution >= 4 is 27.7 Å². The molecule has 4 rings (SSSR count). The Morgan fingerprint density at radius 1 is 1.20 bits per heavy atom. The van der Waals surface area contributed by atoms with Crippen LogP contribution in [-0.2, 0) is 9.53 Å². The van der Waals surface area contributed by atoms with Crippen LogP contribution in [0.15, 0.2) is 75.9 Å². The third-order valence-corrected chi connectivity index (χ3v) is 4.41. The van der Waals surface area contributed by atoms with E-state index in [1.807, 2.05) is 42.5 Å². The number of hydrogen-bond acceptors (Lipinski definition) is 4. The highest BCUT2D eigenvalue weighted by Crippen LogP contribution is 2.30. The summed E-state index contributed by atoms with van der Waals surface area (Å²) in [5.74, 6) is 0.00762. The fraction of sp³-hybridized carbons (Fsp3) is 0.143. The van der Waals surface area contributed by atoms with Crippen molar-refractivity contribution in [3.8, 4) is 0 Å². The molecule has 1 heterocycles. The number of fused-ring (bicyclic) bond motifs is 3. The molecule has 0 radical (unpaired) electrons. The van der Waals surface area contributed by atoms with Crippen LogP contribution in [0.25, 0.3) is 21.7 Å². The van der Waals surface area contributed by atoms with Gasteiger partial charge in [-0.1, -0.05) is 42.5 Å². The minimum atomic E-state index is -0.364. The van der Waals surface area contributed by atoms with Crippen LogP contribution in [0.4, 0.5) is 0 Å². The van der Waals surface area contributed by atoms with E-state index in [0.29, 0.717) is 28.7 Å². The van der Waals surface area contributed by atoms with E-state index in [1.54, 1.807) is 12.2 Å². The standard InChI is InChI=1S/C21H16O4/c1-13(22)25-16-7-4-6-15(11-16)18-12-24-19-10-9-14-5-2-3-8-17(14)20(19)21(18)23/h2-10,12,15H,11H2,1H3. The number of hydrogen-bond donors (Lipinski definition) is 0. The summed E-state index contributed by atoms with van der Waals surface area (Å²) in [4.78, 5) is 24.3. The Labute approximate surface area is 144 Å². The van der Waals surface area contributed by atoms with Gasteiger partial charge >= 0.3 is 5.97 Å². The average molecular weight is 332 g/mol. The lowest BCUT2D eigenvalue weighted by Gasteiger charge is -2.17. The van der Waals surface area contributed by atoms with E-state index >= 15 is 0 Å². The minimum Gasteiger partial charge on any atom is -0.464 e. The summed E-state index contributed by atoms with van der Waals surface area (Å²) in [6.07, 6.45) is 7.45. The maximum atomic E-state index is 13.1. The molecule has 0 saturated carbocycles. The molecule has 0 bridgehead atoms. The number of ether oxygens (including phenoxy) is 1. The van der Waals surface area contributed by atoms with Crippen LogP contribution in [-0.4, -0.2) is 5.97 Å². The predicted molar refractivity (Wildman–Crippen MR) is 96.3 cm³/mol. The van der Waals surface area contributed by atoms with Crippen molar-refractivity contribution in [1.82, 2.24) is 0 Å². The van der Waals surface area contributed by atoms with Crippen LogP contribution >= 0.6 is 0 Å². The van der Waals surface area contributed by atoms with E-state index in [4.69, 9.17) is 9.15 Å². The molecule has 1 aliphatic carbocycles. The van der Waals surface area contributed by atoms with Crippen molar-refractivity contribution in [2.45, 2.75) is 19.3 Å². The number of esters is 1. The summed E-state index contributed by atoms with van der Waals surface area (Å²) in [6.45, 7) is 1.37. The van der Waals surface area contributed by atoms with Gasteiger partial charge in [-0.2, -0.15) is 0 Å². The van der Waals surface area contributed by atoms with Gasteiger partial charge in [0.2, 0.25) is 0 Å². The molecule has 3 aromatic rings. The molecule has 0 fully saturated rings. The van der Waals surface area contributed by atoms with Gasteiger partial charge < -0.3 is 9.15 Å². The highest BCUT2D eigenvalue weighted by Gasteiger charge is 2.21. The lowest BCUT2D eigenvalue weighted by Crippen LogP contribution is -2.15. The van der Waals surface area contributed by atoms with Gasteiger partial charge in [0.25, 0.3) is 0 Å². The Kier molecular flexibility index (Phi) is 3.73. The largest absolute Gasteiger partial charge is 0.464 e. The van der Waals surface area contributed by atoms with Crippen LogP contribution in [0.3, 0.4) is 0 Å². The summed E-state index contributed by atoms with van der Waals surface area (Å²) in [6, 6.07) is 11.5. The molecule has 0 amide bonds. The Morgan fingerprint density at radius 3 is 2.88 bits per heavy atom. The Morgan fingerprint density at radius 2 is 2.04 bits per heavy atom. The topological polar surface area (TPSA) is 56.5 Å². The van der Waals surface area contributed by atoms with Gasteiger partial charge in [-0.3, -0.25) is 9.59 Å². The third-order valence-electron chi connectivity index (χ3n) is 4.41. The van der Waals surface area contributed by atoms with E-state index in [0.717, 1.165) is 10.8 Å². The fourth-order valence-corrected chi connectivity index (χ4v) is 3.29.